The number of hydrogen-bond acceptors (Lipinski definition) is 3. The predicted octanol–water partition coefficient (Wildman–Crippen LogP) is 1.11. The minimum Gasteiger partial charge on any atom is -0.383 e. The summed E-state index contributed by atoms with van der Waals surface area (Å²) in [5.74, 6) is -0.261. The second-order valence-corrected chi connectivity index (χ2v) is 4.16. The van der Waals surface area contributed by atoms with E-state index >= 15 is 0 Å². The summed E-state index contributed by atoms with van der Waals surface area (Å²) < 4.78 is 14.8. The highest BCUT2D eigenvalue weighted by Gasteiger charge is 2.13. The van der Waals surface area contributed by atoms with Gasteiger partial charge in [-0.3, -0.25) is 9.48 Å². The molecule has 0 unspecified atom stereocenters. The summed E-state index contributed by atoms with van der Waals surface area (Å²) >= 11 is 0. The fourth-order valence-electron chi connectivity index (χ4n) is 1.73. The molecule has 0 bridgehead atoms. The highest BCUT2D eigenvalue weighted by atomic mass is 19.1. The third-order valence-corrected chi connectivity index (χ3v) is 2.87. The number of benzene rings is 1. The normalized spacial score (nSPS) is 10.4. The van der Waals surface area contributed by atoms with Crippen LogP contribution in [0.15, 0.2) is 30.5 Å². The fraction of sp³-hybridized carbons (Fsp3) is 0.231. The van der Waals surface area contributed by atoms with Crippen molar-refractivity contribution >= 4 is 11.7 Å². The molecule has 100 valence electrons. The van der Waals surface area contributed by atoms with Crippen molar-refractivity contribution in [3.63, 3.8) is 0 Å². The number of anilines is 1. The number of nitrogens with one attached hydrogen (secondary N) is 1. The molecule has 0 spiro atoms. The average Bonchev–Trinajstić information content (AvgIpc) is 2.72. The van der Waals surface area contributed by atoms with Crippen LogP contribution in [0.3, 0.4) is 0 Å². The zero-order valence-electron chi connectivity index (χ0n) is 10.6. The van der Waals surface area contributed by atoms with Gasteiger partial charge in [0.05, 0.1) is 6.20 Å². The van der Waals surface area contributed by atoms with Gasteiger partial charge in [0.1, 0.15) is 17.2 Å². The van der Waals surface area contributed by atoms with Crippen LogP contribution in [0.2, 0.25) is 0 Å². The van der Waals surface area contributed by atoms with Gasteiger partial charge >= 0.3 is 0 Å². The van der Waals surface area contributed by atoms with E-state index in [1.807, 2.05) is 0 Å². The molecule has 0 fully saturated rings. The minimum atomic E-state index is -0.304. The number of rotatable bonds is 4. The van der Waals surface area contributed by atoms with E-state index in [0.29, 0.717) is 29.9 Å². The van der Waals surface area contributed by atoms with Gasteiger partial charge in [0.15, 0.2) is 0 Å². The number of aryl methyl sites for hydroxylation is 1. The van der Waals surface area contributed by atoms with E-state index in [1.165, 1.54) is 16.9 Å². The van der Waals surface area contributed by atoms with Gasteiger partial charge in [-0.15, -0.1) is 0 Å². The van der Waals surface area contributed by atoms with Crippen molar-refractivity contribution in [2.75, 3.05) is 12.3 Å². The Bertz CT molecular complexity index is 594. The lowest BCUT2D eigenvalue weighted by Crippen LogP contribution is -2.26. The summed E-state index contributed by atoms with van der Waals surface area (Å²) in [5.41, 5.74) is 6.59. The smallest absolute Gasteiger partial charge is 0.256 e. The fourth-order valence-corrected chi connectivity index (χ4v) is 1.73. The molecule has 6 heteroatoms. The maximum absolute atomic E-state index is 13.4. The first-order valence-electron chi connectivity index (χ1n) is 5.88. The monoisotopic (exact) mass is 262 g/mol. The van der Waals surface area contributed by atoms with Crippen molar-refractivity contribution < 1.29 is 9.18 Å². The van der Waals surface area contributed by atoms with Gasteiger partial charge in [-0.2, -0.15) is 5.10 Å². The molecule has 0 aliphatic heterocycles. The van der Waals surface area contributed by atoms with E-state index < -0.39 is 0 Å². The van der Waals surface area contributed by atoms with E-state index in [2.05, 4.69) is 10.4 Å². The van der Waals surface area contributed by atoms with Gasteiger partial charge in [0.25, 0.3) is 5.91 Å². The van der Waals surface area contributed by atoms with E-state index in [-0.39, 0.29) is 11.7 Å². The molecule has 0 aliphatic carbocycles. The number of carbonyl (C=O) groups is 1. The van der Waals surface area contributed by atoms with Crippen LogP contribution in [0.1, 0.15) is 15.9 Å². The highest BCUT2D eigenvalue weighted by Crippen LogP contribution is 2.09. The average molecular weight is 262 g/mol. The van der Waals surface area contributed by atoms with Crippen molar-refractivity contribution in [3.05, 3.63) is 47.4 Å². The molecular formula is C13H15FN4O. The molecule has 19 heavy (non-hydrogen) atoms. The van der Waals surface area contributed by atoms with Gasteiger partial charge in [0, 0.05) is 13.6 Å². The topological polar surface area (TPSA) is 72.9 Å². The van der Waals surface area contributed by atoms with Crippen LogP contribution in [0, 0.1) is 5.82 Å². The Hall–Kier alpha value is -2.37. The van der Waals surface area contributed by atoms with Crippen LogP contribution in [0.5, 0.6) is 0 Å². The van der Waals surface area contributed by atoms with Crippen LogP contribution in [-0.2, 0) is 13.5 Å². The maximum Gasteiger partial charge on any atom is 0.256 e. The highest BCUT2D eigenvalue weighted by molar-refractivity contribution is 5.98. The summed E-state index contributed by atoms with van der Waals surface area (Å²) in [4.78, 5) is 11.8. The Labute approximate surface area is 110 Å². The zero-order chi connectivity index (χ0) is 13.8. The first-order chi connectivity index (χ1) is 9.09. The Morgan fingerprint density at radius 1 is 1.47 bits per heavy atom. The molecular weight excluding hydrogens is 247 g/mol. The number of aromatic nitrogens is 2. The molecule has 5 nitrogen and oxygen atoms in total. The van der Waals surface area contributed by atoms with Crippen molar-refractivity contribution in [2.45, 2.75) is 6.42 Å². The number of carbonyl (C=O) groups excluding carboxylic acids is 1. The Balaban J connectivity index is 1.91. The molecule has 2 aromatic rings. The van der Waals surface area contributed by atoms with Crippen LogP contribution < -0.4 is 11.1 Å². The van der Waals surface area contributed by atoms with Crippen molar-refractivity contribution in [2.24, 2.45) is 7.05 Å². The molecule has 0 saturated heterocycles. The summed E-state index contributed by atoms with van der Waals surface area (Å²) in [6.45, 7) is 0.341. The van der Waals surface area contributed by atoms with Gasteiger partial charge in [0.2, 0.25) is 0 Å². The first-order valence-corrected chi connectivity index (χ1v) is 5.88. The SMILES string of the molecule is Cn1ncc(C(=O)NCCc2ccccc2F)c1N. The van der Waals surface area contributed by atoms with Gasteiger partial charge < -0.3 is 11.1 Å². The minimum absolute atomic E-state index is 0.266. The van der Waals surface area contributed by atoms with Crippen molar-refractivity contribution in [3.8, 4) is 0 Å². The Kier molecular flexibility index (Phi) is 3.79. The number of hydrogen-bond donors (Lipinski definition) is 2. The molecule has 1 heterocycles. The Morgan fingerprint density at radius 2 is 2.21 bits per heavy atom. The van der Waals surface area contributed by atoms with Crippen LogP contribution in [-0.4, -0.2) is 22.2 Å². The number of nitrogens with zero attached hydrogens (tertiary/aromatic N) is 2. The number of amides is 1. The number of nitrogen functional groups attached to an aromatic ring is 1. The van der Waals surface area contributed by atoms with Crippen LogP contribution >= 0.6 is 0 Å². The van der Waals surface area contributed by atoms with Crippen LogP contribution in [0.4, 0.5) is 10.2 Å². The third-order valence-electron chi connectivity index (χ3n) is 2.87. The van der Waals surface area contributed by atoms with Crippen LogP contribution in [0.25, 0.3) is 0 Å². The molecule has 0 radical (unpaired) electrons. The zero-order valence-corrected chi connectivity index (χ0v) is 10.6. The third kappa shape index (κ3) is 2.90. The second-order valence-electron chi connectivity index (χ2n) is 4.16. The van der Waals surface area contributed by atoms with Gasteiger partial charge in [-0.1, -0.05) is 18.2 Å². The largest absolute Gasteiger partial charge is 0.383 e. The summed E-state index contributed by atoms with van der Waals surface area (Å²) in [7, 11) is 1.66. The van der Waals surface area contributed by atoms with E-state index in [1.54, 1.807) is 25.2 Å². The quantitative estimate of drug-likeness (QED) is 0.867. The second kappa shape index (κ2) is 5.51. The van der Waals surface area contributed by atoms with E-state index in [0.717, 1.165) is 0 Å². The lowest BCUT2D eigenvalue weighted by Gasteiger charge is -2.05. The van der Waals surface area contributed by atoms with E-state index in [4.69, 9.17) is 5.73 Å². The lowest BCUT2D eigenvalue weighted by molar-refractivity contribution is 0.0955. The molecule has 1 aromatic heterocycles. The summed E-state index contributed by atoms with van der Waals surface area (Å²) in [6.07, 6.45) is 1.84. The van der Waals surface area contributed by atoms with Gasteiger partial charge in [-0.25, -0.2) is 4.39 Å². The molecule has 1 aromatic carbocycles. The Morgan fingerprint density at radius 3 is 2.84 bits per heavy atom. The molecule has 0 aliphatic rings. The molecule has 2 rings (SSSR count). The van der Waals surface area contributed by atoms with E-state index in [9.17, 15) is 9.18 Å². The standard InChI is InChI=1S/C13H15FN4O/c1-18-12(15)10(8-17-18)13(19)16-7-6-9-4-2-3-5-11(9)14/h2-5,8H,6-7,15H2,1H3,(H,16,19). The molecule has 1 amide bonds. The van der Waals surface area contributed by atoms with Crippen molar-refractivity contribution in [1.29, 1.82) is 0 Å². The predicted molar refractivity (Wildman–Crippen MR) is 70.1 cm³/mol. The first kappa shape index (κ1) is 13.1. The lowest BCUT2D eigenvalue weighted by atomic mass is 10.1. The molecule has 0 atom stereocenters. The molecule has 0 saturated carbocycles. The van der Waals surface area contributed by atoms with Gasteiger partial charge in [-0.05, 0) is 18.1 Å². The number of halogens is 1. The molecule has 3 N–H and O–H groups in total. The van der Waals surface area contributed by atoms with Crippen molar-refractivity contribution in [1.82, 2.24) is 15.1 Å². The summed E-state index contributed by atoms with van der Waals surface area (Å²) in [6, 6.07) is 6.49. The summed E-state index contributed by atoms with van der Waals surface area (Å²) in [5, 5.41) is 6.58. The maximum atomic E-state index is 13.4. The number of nitrogens with two attached hydrogens (primary N) is 1.